The largest absolute Gasteiger partial charge is 0.493 e. The van der Waals surface area contributed by atoms with Crippen molar-refractivity contribution in [3.05, 3.63) is 24.3 Å². The summed E-state index contributed by atoms with van der Waals surface area (Å²) in [5, 5.41) is 19.2. The lowest BCUT2D eigenvalue weighted by molar-refractivity contribution is 0.436. The van der Waals surface area contributed by atoms with Gasteiger partial charge in [-0.3, -0.25) is 0 Å². The van der Waals surface area contributed by atoms with Crippen LogP contribution in [0.3, 0.4) is 0 Å². The zero-order chi connectivity index (χ0) is 13.3. The molecular formula is C12H14N4OS. The Morgan fingerprint density at radius 1 is 1.33 bits per heavy atom. The van der Waals surface area contributed by atoms with Crippen LogP contribution in [0.1, 0.15) is 0 Å². The molecule has 0 aliphatic rings. The van der Waals surface area contributed by atoms with Crippen molar-refractivity contribution < 1.29 is 5.11 Å². The van der Waals surface area contributed by atoms with Crippen LogP contribution in [0, 0.1) is 0 Å². The fraction of sp³-hybridized carbons (Fsp3) is 0.250. The summed E-state index contributed by atoms with van der Waals surface area (Å²) in [7, 11) is 5.37. The smallest absolute Gasteiger partial charge is 0.220 e. The second-order valence-electron chi connectivity index (χ2n) is 4.13. The van der Waals surface area contributed by atoms with Gasteiger partial charge in [-0.2, -0.15) is 0 Å². The molecule has 0 amide bonds. The van der Waals surface area contributed by atoms with E-state index < -0.39 is 0 Å². The topological polar surface area (TPSA) is 53.1 Å². The van der Waals surface area contributed by atoms with Crippen molar-refractivity contribution in [3.8, 4) is 5.88 Å². The van der Waals surface area contributed by atoms with E-state index in [-0.39, 0.29) is 5.88 Å². The number of hydrogen-bond acceptors (Lipinski definition) is 3. The van der Waals surface area contributed by atoms with Gasteiger partial charge in [-0.05, 0) is 18.3 Å². The lowest BCUT2D eigenvalue weighted by atomic mass is 10.2. The maximum Gasteiger partial charge on any atom is 0.220 e. The van der Waals surface area contributed by atoms with Crippen LogP contribution in [-0.2, 0) is 7.05 Å². The zero-order valence-electron chi connectivity index (χ0n) is 10.5. The molecule has 0 radical (unpaired) electrons. The molecule has 94 valence electrons. The number of aryl methyl sites for hydroxylation is 1. The highest BCUT2D eigenvalue weighted by Crippen LogP contribution is 2.37. The first-order valence-electron chi connectivity index (χ1n) is 5.41. The fourth-order valence-corrected chi connectivity index (χ4v) is 1.68. The number of para-hydroxylation sites is 1. The van der Waals surface area contributed by atoms with E-state index in [1.165, 1.54) is 0 Å². The summed E-state index contributed by atoms with van der Waals surface area (Å²) >= 11 is 5.03. The van der Waals surface area contributed by atoms with E-state index in [0.29, 0.717) is 10.8 Å². The SMILES string of the molecule is CN(C)C(=S)N=Nc1c(O)n(C)c2ccccc12. The van der Waals surface area contributed by atoms with Crippen LogP contribution >= 0.6 is 12.2 Å². The highest BCUT2D eigenvalue weighted by atomic mass is 32.1. The standard InChI is InChI=1S/C12H14N4OS/c1-15(2)12(18)14-13-10-8-6-4-5-7-9(8)16(3)11(10)17/h4-7,17H,1-3H3. The van der Waals surface area contributed by atoms with Crippen LogP contribution in [0.4, 0.5) is 5.69 Å². The molecule has 0 atom stereocenters. The first-order valence-corrected chi connectivity index (χ1v) is 5.82. The summed E-state index contributed by atoms with van der Waals surface area (Å²) in [5.41, 5.74) is 1.34. The lowest BCUT2D eigenvalue weighted by Gasteiger charge is -2.06. The molecule has 5 nitrogen and oxygen atoms in total. The third-order valence-electron chi connectivity index (χ3n) is 2.67. The number of nitrogens with zero attached hydrogens (tertiary/aromatic N) is 4. The Balaban J connectivity index is 2.52. The molecule has 1 N–H and O–H groups in total. The molecule has 0 saturated carbocycles. The summed E-state index contributed by atoms with van der Waals surface area (Å²) in [4.78, 5) is 1.68. The summed E-state index contributed by atoms with van der Waals surface area (Å²) < 4.78 is 1.67. The van der Waals surface area contributed by atoms with Crippen LogP contribution < -0.4 is 0 Å². The molecule has 0 aliphatic heterocycles. The number of thiocarbonyl (C=S) groups is 1. The molecule has 1 aromatic carbocycles. The van der Waals surface area contributed by atoms with Crippen LogP contribution in [0.2, 0.25) is 0 Å². The van der Waals surface area contributed by atoms with E-state index in [2.05, 4.69) is 10.2 Å². The van der Waals surface area contributed by atoms with Crippen molar-refractivity contribution in [2.24, 2.45) is 17.3 Å². The van der Waals surface area contributed by atoms with Gasteiger partial charge in [-0.25, -0.2) is 0 Å². The van der Waals surface area contributed by atoms with Crippen LogP contribution in [-0.4, -0.2) is 33.8 Å². The quantitative estimate of drug-likeness (QED) is 0.635. The maximum absolute atomic E-state index is 10.0. The van der Waals surface area contributed by atoms with E-state index in [1.807, 2.05) is 24.3 Å². The molecule has 1 aromatic heterocycles. The summed E-state index contributed by atoms with van der Waals surface area (Å²) in [5.74, 6) is 0.0847. The number of hydrogen-bond donors (Lipinski definition) is 1. The predicted molar refractivity (Wildman–Crippen MR) is 75.4 cm³/mol. The van der Waals surface area contributed by atoms with Crippen LogP contribution in [0.25, 0.3) is 10.9 Å². The van der Waals surface area contributed by atoms with Gasteiger partial charge in [0.1, 0.15) is 0 Å². The average molecular weight is 262 g/mol. The number of benzene rings is 1. The van der Waals surface area contributed by atoms with E-state index in [0.717, 1.165) is 10.9 Å². The molecular weight excluding hydrogens is 248 g/mol. The first-order chi connectivity index (χ1) is 8.52. The third-order valence-corrected chi connectivity index (χ3v) is 3.11. The van der Waals surface area contributed by atoms with E-state index >= 15 is 0 Å². The number of fused-ring (bicyclic) bond motifs is 1. The molecule has 0 spiro atoms. The monoisotopic (exact) mass is 262 g/mol. The normalized spacial score (nSPS) is 11.3. The van der Waals surface area contributed by atoms with E-state index in [4.69, 9.17) is 12.2 Å². The summed E-state index contributed by atoms with van der Waals surface area (Å²) in [6.45, 7) is 0. The molecule has 0 bridgehead atoms. The van der Waals surface area contributed by atoms with Crippen molar-refractivity contribution in [3.63, 3.8) is 0 Å². The zero-order valence-corrected chi connectivity index (χ0v) is 11.3. The minimum absolute atomic E-state index is 0.0847. The Morgan fingerprint density at radius 2 is 2.00 bits per heavy atom. The van der Waals surface area contributed by atoms with Crippen LogP contribution in [0.5, 0.6) is 5.88 Å². The molecule has 18 heavy (non-hydrogen) atoms. The Labute approximate surface area is 110 Å². The molecule has 6 heteroatoms. The van der Waals surface area contributed by atoms with Crippen molar-refractivity contribution in [2.75, 3.05) is 14.1 Å². The number of azo groups is 1. The van der Waals surface area contributed by atoms with Crippen LogP contribution in [0.15, 0.2) is 34.5 Å². The fourth-order valence-electron chi connectivity index (χ4n) is 1.64. The second-order valence-corrected chi connectivity index (χ2v) is 4.49. The minimum Gasteiger partial charge on any atom is -0.493 e. The van der Waals surface area contributed by atoms with Crippen molar-refractivity contribution in [2.45, 2.75) is 0 Å². The highest BCUT2D eigenvalue weighted by Gasteiger charge is 2.13. The third kappa shape index (κ3) is 2.06. The van der Waals surface area contributed by atoms with Gasteiger partial charge in [0.25, 0.3) is 0 Å². The van der Waals surface area contributed by atoms with Gasteiger partial charge in [0.05, 0.1) is 5.52 Å². The maximum atomic E-state index is 10.0. The van der Waals surface area contributed by atoms with Gasteiger partial charge in [0.2, 0.25) is 11.0 Å². The Morgan fingerprint density at radius 3 is 2.67 bits per heavy atom. The molecule has 0 fully saturated rings. The Bertz CT molecular complexity index is 630. The highest BCUT2D eigenvalue weighted by molar-refractivity contribution is 7.80. The summed E-state index contributed by atoms with van der Waals surface area (Å²) in [6.07, 6.45) is 0. The van der Waals surface area contributed by atoms with Crippen molar-refractivity contribution in [1.29, 1.82) is 0 Å². The molecule has 0 aliphatic carbocycles. The number of aromatic hydroxyl groups is 1. The van der Waals surface area contributed by atoms with Gasteiger partial charge in [-0.1, -0.05) is 18.2 Å². The Kier molecular flexibility index (Phi) is 3.29. The van der Waals surface area contributed by atoms with Crippen molar-refractivity contribution >= 4 is 33.9 Å². The van der Waals surface area contributed by atoms with E-state index in [9.17, 15) is 5.11 Å². The lowest BCUT2D eigenvalue weighted by Crippen LogP contribution is -2.16. The minimum atomic E-state index is 0.0847. The summed E-state index contributed by atoms with van der Waals surface area (Å²) in [6, 6.07) is 7.61. The molecule has 1 heterocycles. The van der Waals surface area contributed by atoms with Gasteiger partial charge in [-0.15, -0.1) is 10.2 Å². The van der Waals surface area contributed by atoms with E-state index in [1.54, 1.807) is 30.6 Å². The first kappa shape index (κ1) is 12.5. The number of aromatic nitrogens is 1. The van der Waals surface area contributed by atoms with Gasteiger partial charge < -0.3 is 14.6 Å². The molecule has 2 rings (SSSR count). The molecule has 0 saturated heterocycles. The van der Waals surface area contributed by atoms with Gasteiger partial charge in [0, 0.05) is 26.5 Å². The molecule has 0 unspecified atom stereocenters. The number of rotatable bonds is 1. The van der Waals surface area contributed by atoms with Gasteiger partial charge >= 0.3 is 0 Å². The van der Waals surface area contributed by atoms with Crippen molar-refractivity contribution in [1.82, 2.24) is 9.47 Å². The average Bonchev–Trinajstić information content (AvgIpc) is 2.60. The Hall–Kier alpha value is -1.95. The second kappa shape index (κ2) is 4.73. The molecule has 2 aromatic rings. The predicted octanol–water partition coefficient (Wildman–Crippen LogP) is 2.81. The van der Waals surface area contributed by atoms with Gasteiger partial charge in [0.15, 0.2) is 5.69 Å².